The molecular formula is C4H6N2O3. The molecule has 0 aromatic rings. The van der Waals surface area contributed by atoms with E-state index in [1.807, 2.05) is 0 Å². The van der Waals surface area contributed by atoms with Gasteiger partial charge in [0, 0.05) is 0 Å². The predicted octanol–water partition coefficient (Wildman–Crippen LogP) is -0.0652. The maximum Gasteiger partial charge on any atom is 0.420 e. The summed E-state index contributed by atoms with van der Waals surface area (Å²) in [5.41, 5.74) is 4.54. The molecule has 0 bridgehead atoms. The fourth-order valence-corrected chi connectivity index (χ4v) is 0.206. The summed E-state index contributed by atoms with van der Waals surface area (Å²) in [5.74, 6) is 0. The van der Waals surface area contributed by atoms with Crippen molar-refractivity contribution >= 4 is 12.1 Å². The van der Waals surface area contributed by atoms with E-state index in [4.69, 9.17) is 0 Å². The number of amides is 3. The van der Waals surface area contributed by atoms with E-state index in [0.29, 0.717) is 0 Å². The molecule has 0 unspecified atom stereocenters. The number of carbonyl (C=O) groups excluding carboxylic acids is 2. The predicted molar refractivity (Wildman–Crippen MR) is 29.4 cm³/mol. The van der Waals surface area contributed by atoms with Gasteiger partial charge in [-0.2, -0.15) is 0 Å². The summed E-state index contributed by atoms with van der Waals surface area (Å²) in [7, 11) is 0. The van der Waals surface area contributed by atoms with Crippen LogP contribution < -0.4 is 11.1 Å². The minimum atomic E-state index is -0.957. The maximum absolute atomic E-state index is 10.1. The largest absolute Gasteiger partial charge is 0.420 e. The molecule has 0 rings (SSSR count). The van der Waals surface area contributed by atoms with Crippen molar-refractivity contribution in [3.63, 3.8) is 0 Å². The highest BCUT2D eigenvalue weighted by Crippen LogP contribution is 1.73. The molecule has 0 aliphatic carbocycles. The molecule has 0 aliphatic heterocycles. The molecule has 50 valence electrons. The Morgan fingerprint density at radius 2 is 2.22 bits per heavy atom. The Hall–Kier alpha value is -1.52. The summed E-state index contributed by atoms with van der Waals surface area (Å²) in [6, 6.07) is -0.957. The van der Waals surface area contributed by atoms with Gasteiger partial charge < -0.3 is 10.5 Å². The van der Waals surface area contributed by atoms with Crippen molar-refractivity contribution in [1.29, 1.82) is 0 Å². The Bertz CT molecular complexity index is 143. The van der Waals surface area contributed by atoms with Gasteiger partial charge in [-0.25, -0.2) is 14.9 Å². The van der Waals surface area contributed by atoms with Gasteiger partial charge in [0.05, 0.1) is 6.26 Å². The fourth-order valence-electron chi connectivity index (χ4n) is 0.206. The Balaban J connectivity index is 3.50. The van der Waals surface area contributed by atoms with E-state index >= 15 is 0 Å². The Morgan fingerprint density at radius 3 is 2.56 bits per heavy atom. The molecule has 0 radical (unpaired) electrons. The molecule has 0 spiro atoms. The van der Waals surface area contributed by atoms with Gasteiger partial charge in [0.15, 0.2) is 0 Å². The van der Waals surface area contributed by atoms with Gasteiger partial charge in [-0.3, -0.25) is 0 Å². The van der Waals surface area contributed by atoms with Crippen LogP contribution in [-0.2, 0) is 4.74 Å². The quantitative estimate of drug-likeness (QED) is 0.487. The summed E-state index contributed by atoms with van der Waals surface area (Å²) in [5, 5.41) is 1.65. The molecule has 0 saturated carbocycles. The number of hydrogen-bond donors (Lipinski definition) is 2. The summed E-state index contributed by atoms with van der Waals surface area (Å²) in [4.78, 5) is 20.0. The van der Waals surface area contributed by atoms with Crippen molar-refractivity contribution in [2.75, 3.05) is 0 Å². The number of ether oxygens (including phenoxy) is 1. The van der Waals surface area contributed by atoms with Crippen LogP contribution in [0.3, 0.4) is 0 Å². The second-order valence-electron chi connectivity index (χ2n) is 1.06. The third-order valence-corrected chi connectivity index (χ3v) is 0.416. The molecule has 0 saturated heterocycles. The molecule has 0 aliphatic rings. The Kier molecular flexibility index (Phi) is 2.89. The molecule has 3 N–H and O–H groups in total. The average molecular weight is 130 g/mol. The van der Waals surface area contributed by atoms with Gasteiger partial charge in [0.25, 0.3) is 0 Å². The molecule has 3 amide bonds. The van der Waals surface area contributed by atoms with Gasteiger partial charge in [0.2, 0.25) is 0 Å². The van der Waals surface area contributed by atoms with E-state index in [9.17, 15) is 9.59 Å². The van der Waals surface area contributed by atoms with Gasteiger partial charge in [-0.05, 0) is 0 Å². The number of nitrogens with two attached hydrogens (primary N) is 1. The minimum absolute atomic E-state index is 0.887. The minimum Gasteiger partial charge on any atom is -0.419 e. The smallest absolute Gasteiger partial charge is 0.419 e. The van der Waals surface area contributed by atoms with Crippen molar-refractivity contribution < 1.29 is 14.3 Å². The van der Waals surface area contributed by atoms with Crippen LogP contribution in [0, 0.1) is 0 Å². The highest BCUT2D eigenvalue weighted by atomic mass is 16.5. The van der Waals surface area contributed by atoms with Crippen molar-refractivity contribution in [3.8, 4) is 0 Å². The number of alkyl carbamates (subject to hydrolysis) is 1. The zero-order valence-corrected chi connectivity index (χ0v) is 4.59. The number of carbonyl (C=O) groups is 2. The molecule has 5 nitrogen and oxygen atoms in total. The molecule has 9 heavy (non-hydrogen) atoms. The normalized spacial score (nSPS) is 7.56. The van der Waals surface area contributed by atoms with Crippen molar-refractivity contribution in [1.82, 2.24) is 5.32 Å². The van der Waals surface area contributed by atoms with E-state index in [1.54, 1.807) is 5.32 Å². The number of imide groups is 1. The number of nitrogens with one attached hydrogen (secondary N) is 1. The van der Waals surface area contributed by atoms with E-state index in [2.05, 4.69) is 17.0 Å². The highest BCUT2D eigenvalue weighted by molar-refractivity contribution is 5.89. The zero-order chi connectivity index (χ0) is 7.28. The molecule has 0 heterocycles. The van der Waals surface area contributed by atoms with Crippen LogP contribution in [0.15, 0.2) is 12.8 Å². The Morgan fingerprint density at radius 1 is 1.67 bits per heavy atom. The van der Waals surface area contributed by atoms with Crippen molar-refractivity contribution in [3.05, 3.63) is 12.8 Å². The van der Waals surface area contributed by atoms with E-state index in [-0.39, 0.29) is 0 Å². The van der Waals surface area contributed by atoms with Crippen LogP contribution in [0.1, 0.15) is 0 Å². The van der Waals surface area contributed by atoms with Crippen LogP contribution >= 0.6 is 0 Å². The third kappa shape index (κ3) is 4.33. The number of hydrogen-bond acceptors (Lipinski definition) is 3. The first-order valence-electron chi connectivity index (χ1n) is 2.04. The van der Waals surface area contributed by atoms with Crippen LogP contribution in [0.4, 0.5) is 9.59 Å². The molecule has 0 aromatic carbocycles. The lowest BCUT2D eigenvalue weighted by Gasteiger charge is -1.95. The number of primary amides is 1. The second kappa shape index (κ2) is 3.48. The Labute approximate surface area is 51.5 Å². The van der Waals surface area contributed by atoms with Gasteiger partial charge >= 0.3 is 12.1 Å². The van der Waals surface area contributed by atoms with Gasteiger partial charge in [0.1, 0.15) is 0 Å². The maximum atomic E-state index is 10.1. The molecule has 5 heteroatoms. The van der Waals surface area contributed by atoms with Crippen molar-refractivity contribution in [2.24, 2.45) is 5.73 Å². The van der Waals surface area contributed by atoms with E-state index in [0.717, 1.165) is 6.26 Å². The lowest BCUT2D eigenvalue weighted by atomic mass is 10.9. The van der Waals surface area contributed by atoms with Crippen molar-refractivity contribution in [2.45, 2.75) is 0 Å². The average Bonchev–Trinajstić information content (AvgIpc) is 1.63. The zero-order valence-electron chi connectivity index (χ0n) is 4.59. The lowest BCUT2D eigenvalue weighted by molar-refractivity contribution is 0.185. The first-order valence-corrected chi connectivity index (χ1v) is 2.04. The van der Waals surface area contributed by atoms with E-state index < -0.39 is 12.1 Å². The van der Waals surface area contributed by atoms with Crippen LogP contribution in [0.2, 0.25) is 0 Å². The highest BCUT2D eigenvalue weighted by Gasteiger charge is 2.00. The standard InChI is InChI=1S/C4H6N2O3/c1-2-9-4(8)6-3(5)7/h2H,1H2,(H3,5,6,7,8). The first-order chi connectivity index (χ1) is 4.16. The monoisotopic (exact) mass is 130 g/mol. The van der Waals surface area contributed by atoms with Crippen LogP contribution in [0.5, 0.6) is 0 Å². The number of rotatable bonds is 1. The number of urea groups is 1. The summed E-state index contributed by atoms with van der Waals surface area (Å²) >= 11 is 0. The fraction of sp³-hybridized carbons (Fsp3) is 0. The molecule has 0 aromatic heterocycles. The lowest BCUT2D eigenvalue weighted by Crippen LogP contribution is -2.34. The van der Waals surface area contributed by atoms with Gasteiger partial charge in [-0.1, -0.05) is 6.58 Å². The molecule has 0 atom stereocenters. The van der Waals surface area contributed by atoms with Crippen LogP contribution in [0.25, 0.3) is 0 Å². The summed E-state index contributed by atoms with van der Waals surface area (Å²) in [6.07, 6.45) is -0.0457. The van der Waals surface area contributed by atoms with Crippen LogP contribution in [-0.4, -0.2) is 12.1 Å². The summed E-state index contributed by atoms with van der Waals surface area (Å²) in [6.45, 7) is 3.07. The molecule has 0 fully saturated rings. The first kappa shape index (κ1) is 7.48. The summed E-state index contributed by atoms with van der Waals surface area (Å²) < 4.78 is 4.07. The molecular weight excluding hydrogens is 124 g/mol. The van der Waals surface area contributed by atoms with E-state index in [1.165, 1.54) is 0 Å². The van der Waals surface area contributed by atoms with Gasteiger partial charge in [-0.15, -0.1) is 0 Å². The second-order valence-corrected chi connectivity index (χ2v) is 1.06. The SMILES string of the molecule is C=COC(=O)NC(N)=O. The topological polar surface area (TPSA) is 81.4 Å². The third-order valence-electron chi connectivity index (χ3n) is 0.416.